The lowest BCUT2D eigenvalue weighted by atomic mass is 9.94. The number of pyridine rings is 1. The third kappa shape index (κ3) is 4.04. The van der Waals surface area contributed by atoms with Gasteiger partial charge in [-0.3, -0.25) is 9.88 Å². The van der Waals surface area contributed by atoms with Gasteiger partial charge in [0.2, 0.25) is 0 Å². The van der Waals surface area contributed by atoms with E-state index in [0.29, 0.717) is 29.6 Å². The van der Waals surface area contributed by atoms with Crippen molar-refractivity contribution in [3.63, 3.8) is 0 Å². The summed E-state index contributed by atoms with van der Waals surface area (Å²) in [6.07, 6.45) is 4.85. The number of hydrogen-bond donors (Lipinski definition) is 0. The van der Waals surface area contributed by atoms with Crippen molar-refractivity contribution in [1.29, 1.82) is 5.26 Å². The minimum atomic E-state index is -0.252. The largest absolute Gasteiger partial charge is 0.302 e. The molecular formula is C20H23FN4. The molecule has 25 heavy (non-hydrogen) atoms. The van der Waals surface area contributed by atoms with Crippen molar-refractivity contribution < 1.29 is 4.39 Å². The second-order valence-electron chi connectivity index (χ2n) is 6.88. The molecule has 1 aliphatic rings. The van der Waals surface area contributed by atoms with E-state index < -0.39 is 0 Å². The lowest BCUT2D eigenvalue weighted by Crippen LogP contribution is -2.30. The second kappa shape index (κ2) is 7.73. The van der Waals surface area contributed by atoms with Gasteiger partial charge in [0, 0.05) is 37.1 Å². The summed E-state index contributed by atoms with van der Waals surface area (Å²) >= 11 is 0. The predicted molar refractivity (Wildman–Crippen MR) is 95.2 cm³/mol. The molecule has 0 unspecified atom stereocenters. The van der Waals surface area contributed by atoms with Crippen LogP contribution in [-0.4, -0.2) is 42.0 Å². The Morgan fingerprint density at radius 2 is 2.24 bits per heavy atom. The Morgan fingerprint density at radius 3 is 2.96 bits per heavy atom. The summed E-state index contributed by atoms with van der Waals surface area (Å²) in [4.78, 5) is 8.77. The van der Waals surface area contributed by atoms with Crippen molar-refractivity contribution in [3.05, 3.63) is 65.2 Å². The zero-order valence-electron chi connectivity index (χ0n) is 14.7. The molecule has 5 heteroatoms. The quantitative estimate of drug-likeness (QED) is 0.840. The first-order chi connectivity index (χ1) is 12.1. The highest BCUT2D eigenvalue weighted by Crippen LogP contribution is 2.36. The lowest BCUT2D eigenvalue weighted by molar-refractivity contribution is 0.212. The van der Waals surface area contributed by atoms with Gasteiger partial charge in [-0.25, -0.2) is 4.39 Å². The van der Waals surface area contributed by atoms with Crippen molar-refractivity contribution in [3.8, 4) is 6.07 Å². The van der Waals surface area contributed by atoms with Crippen LogP contribution in [0.1, 0.15) is 29.2 Å². The molecule has 2 heterocycles. The summed E-state index contributed by atoms with van der Waals surface area (Å²) in [7, 11) is 4.16. The van der Waals surface area contributed by atoms with Gasteiger partial charge in [-0.15, -0.1) is 0 Å². The van der Waals surface area contributed by atoms with Crippen LogP contribution in [0.3, 0.4) is 0 Å². The van der Waals surface area contributed by atoms with Gasteiger partial charge in [-0.05, 0) is 62.8 Å². The summed E-state index contributed by atoms with van der Waals surface area (Å²) in [5, 5.41) is 9.01. The Labute approximate surface area is 148 Å². The molecule has 2 aromatic rings. The zero-order valence-corrected chi connectivity index (χ0v) is 14.7. The van der Waals surface area contributed by atoms with E-state index in [1.807, 2.05) is 19.3 Å². The van der Waals surface area contributed by atoms with Gasteiger partial charge in [0.1, 0.15) is 5.82 Å². The monoisotopic (exact) mass is 338 g/mol. The fraction of sp³-hybridized carbons (Fsp3) is 0.400. The zero-order chi connectivity index (χ0) is 17.8. The molecule has 3 rings (SSSR count). The molecule has 0 N–H and O–H groups in total. The highest BCUT2D eigenvalue weighted by molar-refractivity contribution is 5.33. The number of rotatable bonds is 5. The van der Waals surface area contributed by atoms with Crippen molar-refractivity contribution in [2.45, 2.75) is 19.0 Å². The van der Waals surface area contributed by atoms with Crippen LogP contribution in [0, 0.1) is 23.1 Å². The van der Waals surface area contributed by atoms with E-state index >= 15 is 0 Å². The molecule has 130 valence electrons. The third-order valence-electron chi connectivity index (χ3n) is 4.96. The Bertz CT molecular complexity index is 756. The van der Waals surface area contributed by atoms with E-state index in [1.54, 1.807) is 12.3 Å². The van der Waals surface area contributed by atoms with Crippen molar-refractivity contribution >= 4 is 0 Å². The number of likely N-dealkylation sites (tertiary alicyclic amines) is 1. The van der Waals surface area contributed by atoms with E-state index in [0.717, 1.165) is 19.5 Å². The highest BCUT2D eigenvalue weighted by Gasteiger charge is 2.33. The number of halogens is 1. The number of hydrogen-bond acceptors (Lipinski definition) is 4. The number of nitrogens with zero attached hydrogens (tertiary/aromatic N) is 4. The Morgan fingerprint density at radius 1 is 1.40 bits per heavy atom. The van der Waals surface area contributed by atoms with Crippen LogP contribution >= 0.6 is 0 Å². The first-order valence-electron chi connectivity index (χ1n) is 8.55. The summed E-state index contributed by atoms with van der Waals surface area (Å²) in [5.74, 6) is 0.222. The highest BCUT2D eigenvalue weighted by atomic mass is 19.1. The van der Waals surface area contributed by atoms with E-state index in [-0.39, 0.29) is 5.82 Å². The van der Waals surface area contributed by atoms with Gasteiger partial charge >= 0.3 is 0 Å². The van der Waals surface area contributed by atoms with Gasteiger partial charge in [0.05, 0.1) is 11.6 Å². The number of aromatic nitrogens is 1. The standard InChI is InChI=1S/C20H23FN4/c1-24(14-18-10-15(11-22)5-6-19(18)21)13-17-7-9-25(2)20(17)16-4-3-8-23-12-16/h3-6,8,10,12,17,20H,7,9,13-14H2,1-2H3/t17-,20-/m0/s1. The normalized spacial score (nSPS) is 20.8. The van der Waals surface area contributed by atoms with Crippen LogP contribution < -0.4 is 0 Å². The van der Waals surface area contributed by atoms with Gasteiger partial charge in [0.15, 0.2) is 0 Å². The van der Waals surface area contributed by atoms with Gasteiger partial charge in [-0.2, -0.15) is 5.26 Å². The maximum atomic E-state index is 14.0. The fourth-order valence-corrected chi connectivity index (χ4v) is 3.82. The van der Waals surface area contributed by atoms with Gasteiger partial charge in [-0.1, -0.05) is 6.07 Å². The Hall–Kier alpha value is -2.29. The molecule has 4 nitrogen and oxygen atoms in total. The number of benzene rings is 1. The molecule has 0 aliphatic carbocycles. The Balaban J connectivity index is 1.70. The molecule has 0 amide bonds. The summed E-state index contributed by atoms with van der Waals surface area (Å²) in [6.45, 7) is 2.43. The molecule has 0 saturated carbocycles. The van der Waals surface area contributed by atoms with Crippen LogP contribution in [0.4, 0.5) is 4.39 Å². The molecular weight excluding hydrogens is 315 g/mol. The minimum absolute atomic E-state index is 0.252. The first kappa shape index (κ1) is 17.5. The molecule has 0 radical (unpaired) electrons. The molecule has 2 atom stereocenters. The van der Waals surface area contributed by atoms with E-state index in [2.05, 4.69) is 34.0 Å². The maximum absolute atomic E-state index is 14.0. The van der Waals surface area contributed by atoms with Gasteiger partial charge in [0.25, 0.3) is 0 Å². The smallest absolute Gasteiger partial charge is 0.127 e. The summed E-state index contributed by atoms with van der Waals surface area (Å²) in [5.41, 5.74) is 2.31. The molecule has 0 spiro atoms. The summed E-state index contributed by atoms with van der Waals surface area (Å²) in [6, 6.07) is 11.1. The van der Waals surface area contributed by atoms with Crippen LogP contribution in [-0.2, 0) is 6.54 Å². The predicted octanol–water partition coefficient (Wildman–Crippen LogP) is 3.22. The van der Waals surface area contributed by atoms with E-state index in [1.165, 1.54) is 17.7 Å². The van der Waals surface area contributed by atoms with Crippen LogP contribution in [0.5, 0.6) is 0 Å². The first-order valence-corrected chi connectivity index (χ1v) is 8.55. The van der Waals surface area contributed by atoms with E-state index in [9.17, 15) is 4.39 Å². The van der Waals surface area contributed by atoms with Crippen molar-refractivity contribution in [1.82, 2.24) is 14.8 Å². The Kier molecular flexibility index (Phi) is 5.42. The van der Waals surface area contributed by atoms with Crippen LogP contribution in [0.15, 0.2) is 42.7 Å². The van der Waals surface area contributed by atoms with Crippen LogP contribution in [0.25, 0.3) is 0 Å². The van der Waals surface area contributed by atoms with Crippen LogP contribution in [0.2, 0.25) is 0 Å². The lowest BCUT2D eigenvalue weighted by Gasteiger charge is -2.28. The molecule has 0 bridgehead atoms. The molecule has 1 aliphatic heterocycles. The maximum Gasteiger partial charge on any atom is 0.127 e. The third-order valence-corrected chi connectivity index (χ3v) is 4.96. The molecule has 1 aromatic heterocycles. The number of nitriles is 1. The average molecular weight is 338 g/mol. The molecule has 1 saturated heterocycles. The average Bonchev–Trinajstić information content (AvgIpc) is 2.97. The second-order valence-corrected chi connectivity index (χ2v) is 6.88. The van der Waals surface area contributed by atoms with Gasteiger partial charge < -0.3 is 4.90 Å². The SMILES string of the molecule is CN(Cc1cc(C#N)ccc1F)C[C@@H]1CCN(C)[C@H]1c1cccnc1. The molecule has 1 fully saturated rings. The van der Waals surface area contributed by atoms with E-state index in [4.69, 9.17) is 5.26 Å². The van der Waals surface area contributed by atoms with Crippen molar-refractivity contribution in [2.75, 3.05) is 27.2 Å². The molecule has 1 aromatic carbocycles. The summed E-state index contributed by atoms with van der Waals surface area (Å²) < 4.78 is 14.0. The topological polar surface area (TPSA) is 43.2 Å². The minimum Gasteiger partial charge on any atom is -0.302 e. The van der Waals surface area contributed by atoms with Crippen molar-refractivity contribution in [2.24, 2.45) is 5.92 Å². The fourth-order valence-electron chi connectivity index (χ4n) is 3.82.